The standard InChI is InChI=1S/C17H16N4OS/c22-16-14(23-17(19-16)21-8-4-5-9-21)10-13-11-18-20-15(13)12-6-2-1-3-7-12/h1-3,6-7,10-11H,4-5,8-9H2,(H,18,20)/b14-10+. The number of likely N-dealkylation sites (tertiary alicyclic amines) is 1. The monoisotopic (exact) mass is 324 g/mol. The smallest absolute Gasteiger partial charge is 0.286 e. The minimum atomic E-state index is -0.155. The van der Waals surface area contributed by atoms with Crippen molar-refractivity contribution in [3.05, 3.63) is 47.0 Å². The Bertz CT molecular complexity index is 788. The molecule has 1 fully saturated rings. The van der Waals surface area contributed by atoms with E-state index in [4.69, 9.17) is 0 Å². The maximum absolute atomic E-state index is 12.2. The normalized spacial score (nSPS) is 19.7. The maximum Gasteiger partial charge on any atom is 0.286 e. The van der Waals surface area contributed by atoms with Crippen molar-refractivity contribution in [1.82, 2.24) is 15.1 Å². The van der Waals surface area contributed by atoms with E-state index >= 15 is 0 Å². The number of rotatable bonds is 2. The first-order valence-electron chi connectivity index (χ1n) is 7.67. The number of amidine groups is 1. The van der Waals surface area contributed by atoms with Crippen LogP contribution in [0.1, 0.15) is 18.4 Å². The minimum absolute atomic E-state index is 0.155. The number of carbonyl (C=O) groups is 1. The lowest BCUT2D eigenvalue weighted by atomic mass is 10.1. The van der Waals surface area contributed by atoms with Gasteiger partial charge in [-0.1, -0.05) is 30.3 Å². The van der Waals surface area contributed by atoms with Crippen LogP contribution in [0.4, 0.5) is 0 Å². The number of hydrogen-bond donors (Lipinski definition) is 1. The number of aromatic nitrogens is 2. The van der Waals surface area contributed by atoms with Crippen LogP contribution in [0.25, 0.3) is 17.3 Å². The first kappa shape index (κ1) is 14.3. The molecule has 1 N–H and O–H groups in total. The van der Waals surface area contributed by atoms with E-state index in [1.54, 1.807) is 6.20 Å². The van der Waals surface area contributed by atoms with Gasteiger partial charge in [0.05, 0.1) is 16.8 Å². The molecule has 0 atom stereocenters. The van der Waals surface area contributed by atoms with Crippen molar-refractivity contribution >= 4 is 28.9 Å². The van der Waals surface area contributed by atoms with Crippen LogP contribution >= 0.6 is 11.8 Å². The van der Waals surface area contributed by atoms with Crippen LogP contribution in [0, 0.1) is 0 Å². The molecule has 2 aliphatic heterocycles. The molecule has 1 saturated heterocycles. The summed E-state index contributed by atoms with van der Waals surface area (Å²) >= 11 is 1.46. The fraction of sp³-hybridized carbons (Fsp3) is 0.235. The van der Waals surface area contributed by atoms with Crippen molar-refractivity contribution in [2.24, 2.45) is 4.99 Å². The largest absolute Gasteiger partial charge is 0.351 e. The molecule has 0 saturated carbocycles. The van der Waals surface area contributed by atoms with Gasteiger partial charge in [-0.25, -0.2) is 0 Å². The highest BCUT2D eigenvalue weighted by Crippen LogP contribution is 2.33. The average molecular weight is 324 g/mol. The van der Waals surface area contributed by atoms with Gasteiger partial charge in [0.2, 0.25) is 0 Å². The Balaban J connectivity index is 1.60. The van der Waals surface area contributed by atoms with Crippen molar-refractivity contribution in [3.63, 3.8) is 0 Å². The predicted octanol–water partition coefficient (Wildman–Crippen LogP) is 3.14. The van der Waals surface area contributed by atoms with Gasteiger partial charge in [-0.05, 0) is 30.7 Å². The van der Waals surface area contributed by atoms with E-state index in [1.165, 1.54) is 24.6 Å². The number of H-pyrrole nitrogens is 1. The van der Waals surface area contributed by atoms with Gasteiger partial charge in [-0.2, -0.15) is 10.1 Å². The van der Waals surface area contributed by atoms with E-state index in [9.17, 15) is 4.79 Å². The zero-order chi connectivity index (χ0) is 15.6. The van der Waals surface area contributed by atoms with Gasteiger partial charge in [0.1, 0.15) is 0 Å². The fourth-order valence-electron chi connectivity index (χ4n) is 2.82. The molecule has 1 aromatic heterocycles. The second-order valence-electron chi connectivity index (χ2n) is 5.57. The molecule has 6 heteroatoms. The summed E-state index contributed by atoms with van der Waals surface area (Å²) < 4.78 is 0. The first-order valence-corrected chi connectivity index (χ1v) is 8.49. The van der Waals surface area contributed by atoms with Gasteiger partial charge in [0.15, 0.2) is 5.17 Å². The average Bonchev–Trinajstić information content (AvgIpc) is 3.30. The highest BCUT2D eigenvalue weighted by Gasteiger charge is 2.27. The van der Waals surface area contributed by atoms with Gasteiger partial charge in [-0.3, -0.25) is 9.89 Å². The number of amides is 1. The summed E-state index contributed by atoms with van der Waals surface area (Å²) in [5, 5.41) is 7.97. The summed E-state index contributed by atoms with van der Waals surface area (Å²) in [5.41, 5.74) is 2.87. The van der Waals surface area contributed by atoms with Crippen LogP contribution in [0.2, 0.25) is 0 Å². The third-order valence-electron chi connectivity index (χ3n) is 4.00. The van der Waals surface area contributed by atoms with Crippen molar-refractivity contribution < 1.29 is 4.79 Å². The summed E-state index contributed by atoms with van der Waals surface area (Å²) in [4.78, 5) is 19.2. The molecule has 1 amide bonds. The lowest BCUT2D eigenvalue weighted by Crippen LogP contribution is -2.23. The Hall–Kier alpha value is -2.34. The van der Waals surface area contributed by atoms with Crippen LogP contribution in [0.3, 0.4) is 0 Å². The second kappa shape index (κ2) is 6.04. The van der Waals surface area contributed by atoms with Crippen LogP contribution in [-0.4, -0.2) is 39.3 Å². The van der Waals surface area contributed by atoms with Crippen molar-refractivity contribution in [2.45, 2.75) is 12.8 Å². The molecule has 0 spiro atoms. The Morgan fingerprint density at radius 1 is 1.17 bits per heavy atom. The molecular weight excluding hydrogens is 308 g/mol. The van der Waals surface area contributed by atoms with Crippen molar-refractivity contribution in [1.29, 1.82) is 0 Å². The number of nitrogens with zero attached hydrogens (tertiary/aromatic N) is 3. The highest BCUT2D eigenvalue weighted by molar-refractivity contribution is 8.18. The van der Waals surface area contributed by atoms with E-state index < -0.39 is 0 Å². The van der Waals surface area contributed by atoms with Crippen LogP contribution in [0.15, 0.2) is 46.4 Å². The third kappa shape index (κ3) is 2.82. The van der Waals surface area contributed by atoms with E-state index in [2.05, 4.69) is 20.1 Å². The van der Waals surface area contributed by atoms with E-state index in [1.807, 2.05) is 36.4 Å². The van der Waals surface area contributed by atoms with Gasteiger partial charge >= 0.3 is 0 Å². The first-order chi connectivity index (χ1) is 11.3. The number of hydrogen-bond acceptors (Lipinski definition) is 4. The van der Waals surface area contributed by atoms with Gasteiger partial charge in [-0.15, -0.1) is 0 Å². The summed E-state index contributed by atoms with van der Waals surface area (Å²) in [6, 6.07) is 9.98. The molecule has 5 nitrogen and oxygen atoms in total. The number of aliphatic imine (C=N–C) groups is 1. The molecule has 0 unspecified atom stereocenters. The molecule has 116 valence electrons. The molecule has 2 aromatic rings. The lowest BCUT2D eigenvalue weighted by molar-refractivity contribution is -0.113. The van der Waals surface area contributed by atoms with Crippen LogP contribution in [0.5, 0.6) is 0 Å². The van der Waals surface area contributed by atoms with Gasteiger partial charge in [0.25, 0.3) is 5.91 Å². The third-order valence-corrected chi connectivity index (χ3v) is 5.05. The molecule has 0 bridgehead atoms. The molecular formula is C17H16N4OS. The molecule has 0 radical (unpaired) electrons. The zero-order valence-corrected chi connectivity index (χ0v) is 13.3. The summed E-state index contributed by atoms with van der Waals surface area (Å²) in [7, 11) is 0. The molecule has 4 rings (SSSR count). The minimum Gasteiger partial charge on any atom is -0.351 e. The molecule has 1 aromatic carbocycles. The van der Waals surface area contributed by atoms with Crippen molar-refractivity contribution in [2.75, 3.05) is 13.1 Å². The quantitative estimate of drug-likeness (QED) is 0.862. The predicted molar refractivity (Wildman–Crippen MR) is 92.8 cm³/mol. The van der Waals surface area contributed by atoms with E-state index in [-0.39, 0.29) is 5.91 Å². The molecule has 2 aliphatic rings. The Kier molecular flexibility index (Phi) is 3.75. The van der Waals surface area contributed by atoms with E-state index in [0.717, 1.165) is 35.1 Å². The fourth-order valence-corrected chi connectivity index (χ4v) is 3.78. The number of benzene rings is 1. The highest BCUT2D eigenvalue weighted by atomic mass is 32.2. The number of thioether (sulfide) groups is 1. The summed E-state index contributed by atoms with van der Waals surface area (Å²) in [6.45, 7) is 1.99. The van der Waals surface area contributed by atoms with E-state index in [0.29, 0.717) is 4.91 Å². The van der Waals surface area contributed by atoms with Crippen molar-refractivity contribution in [3.8, 4) is 11.3 Å². The van der Waals surface area contributed by atoms with Gasteiger partial charge in [0, 0.05) is 24.2 Å². The van der Waals surface area contributed by atoms with Gasteiger partial charge < -0.3 is 4.90 Å². The molecule has 23 heavy (non-hydrogen) atoms. The second-order valence-corrected chi connectivity index (χ2v) is 6.58. The number of nitrogens with one attached hydrogen (secondary N) is 1. The zero-order valence-electron chi connectivity index (χ0n) is 12.5. The molecule has 0 aliphatic carbocycles. The number of aromatic amines is 1. The summed E-state index contributed by atoms with van der Waals surface area (Å²) in [6.07, 6.45) is 5.97. The number of carbonyl (C=O) groups excluding carboxylic acids is 1. The topological polar surface area (TPSA) is 61.4 Å². The molecule has 3 heterocycles. The Morgan fingerprint density at radius 3 is 2.74 bits per heavy atom. The Labute approximate surface area is 138 Å². The summed E-state index contributed by atoms with van der Waals surface area (Å²) in [5.74, 6) is -0.155. The van der Waals surface area contributed by atoms with Crippen LogP contribution < -0.4 is 0 Å². The van der Waals surface area contributed by atoms with Crippen LogP contribution in [-0.2, 0) is 4.79 Å². The maximum atomic E-state index is 12.2. The lowest BCUT2D eigenvalue weighted by Gasteiger charge is -2.14. The SMILES string of the molecule is O=C1N=C(N2CCCC2)S/C1=C/c1cn[nH]c1-c1ccccc1. The Morgan fingerprint density at radius 2 is 1.96 bits per heavy atom.